The first-order chi connectivity index (χ1) is 9.54. The van der Waals surface area contributed by atoms with E-state index in [1.807, 2.05) is 25.1 Å². The second kappa shape index (κ2) is 6.55. The molecule has 2 nitrogen and oxygen atoms in total. The molecule has 106 valence electrons. The van der Waals surface area contributed by atoms with Gasteiger partial charge in [-0.1, -0.05) is 47.5 Å². The van der Waals surface area contributed by atoms with Gasteiger partial charge in [0.2, 0.25) is 0 Å². The molecule has 0 saturated heterocycles. The lowest BCUT2D eigenvalue weighted by molar-refractivity contribution is 0.546. The predicted molar refractivity (Wildman–Crippen MR) is 81.4 cm³/mol. The van der Waals surface area contributed by atoms with Gasteiger partial charge in [-0.05, 0) is 42.2 Å². The highest BCUT2D eigenvalue weighted by Gasteiger charge is 2.17. The average Bonchev–Trinajstić information content (AvgIpc) is 2.44. The summed E-state index contributed by atoms with van der Waals surface area (Å²) in [5.74, 6) is 5.20. The van der Waals surface area contributed by atoms with E-state index in [-0.39, 0.29) is 11.1 Å². The number of hydrazine groups is 1. The van der Waals surface area contributed by atoms with Crippen molar-refractivity contribution in [3.05, 3.63) is 69.0 Å². The molecule has 0 spiro atoms. The Bertz CT molecular complexity index is 617. The van der Waals surface area contributed by atoms with Crippen molar-refractivity contribution in [3.63, 3.8) is 0 Å². The third-order valence-corrected chi connectivity index (χ3v) is 4.17. The number of halogens is 3. The first-order valence-corrected chi connectivity index (χ1v) is 6.94. The summed E-state index contributed by atoms with van der Waals surface area (Å²) in [6, 6.07) is 10.2. The Kier molecular flexibility index (Phi) is 5.00. The van der Waals surface area contributed by atoms with E-state index in [2.05, 4.69) is 5.43 Å². The minimum atomic E-state index is -0.428. The molecule has 3 N–H and O–H groups in total. The van der Waals surface area contributed by atoms with Gasteiger partial charge in [0.1, 0.15) is 5.82 Å². The number of benzene rings is 2. The molecule has 0 aromatic heterocycles. The smallest absolute Gasteiger partial charge is 0.142 e. The van der Waals surface area contributed by atoms with Crippen LogP contribution in [0.1, 0.15) is 22.7 Å². The monoisotopic (exact) mass is 312 g/mol. The topological polar surface area (TPSA) is 38.0 Å². The average molecular weight is 313 g/mol. The highest BCUT2D eigenvalue weighted by molar-refractivity contribution is 6.31. The van der Waals surface area contributed by atoms with Crippen LogP contribution in [0, 0.1) is 12.7 Å². The maximum Gasteiger partial charge on any atom is 0.142 e. The lowest BCUT2D eigenvalue weighted by Crippen LogP contribution is -2.30. The zero-order valence-electron chi connectivity index (χ0n) is 11.0. The highest BCUT2D eigenvalue weighted by atomic mass is 35.5. The fourth-order valence-corrected chi connectivity index (χ4v) is 2.57. The van der Waals surface area contributed by atoms with E-state index in [0.29, 0.717) is 17.0 Å². The third kappa shape index (κ3) is 3.13. The number of rotatable bonds is 4. The van der Waals surface area contributed by atoms with Gasteiger partial charge in [0, 0.05) is 5.02 Å². The molecule has 1 atom stereocenters. The first kappa shape index (κ1) is 15.3. The maximum absolute atomic E-state index is 13.5. The molecule has 0 fully saturated rings. The standard InChI is InChI=1S/C15H15Cl2FN2/c1-9-11(5-3-6-12(9)16)14(20-19)8-10-4-2-7-13(18)15(10)17/h2-7,14,20H,8,19H2,1H3. The number of nitrogens with one attached hydrogen (secondary N) is 1. The first-order valence-electron chi connectivity index (χ1n) is 6.18. The number of nitrogens with two attached hydrogens (primary N) is 1. The molecular formula is C15H15Cl2FN2. The Hall–Kier alpha value is -1.13. The molecule has 1 unspecified atom stereocenters. The molecule has 2 rings (SSSR count). The number of hydrogen-bond donors (Lipinski definition) is 2. The van der Waals surface area contributed by atoms with E-state index < -0.39 is 5.82 Å². The van der Waals surface area contributed by atoms with Gasteiger partial charge < -0.3 is 0 Å². The maximum atomic E-state index is 13.5. The Morgan fingerprint density at radius 3 is 2.60 bits per heavy atom. The van der Waals surface area contributed by atoms with Crippen LogP contribution < -0.4 is 11.3 Å². The molecule has 0 aliphatic heterocycles. The van der Waals surface area contributed by atoms with Crippen LogP contribution in [0.4, 0.5) is 4.39 Å². The van der Waals surface area contributed by atoms with Crippen LogP contribution in [0.3, 0.4) is 0 Å². The van der Waals surface area contributed by atoms with Crippen molar-refractivity contribution >= 4 is 23.2 Å². The summed E-state index contributed by atoms with van der Waals surface area (Å²) in [7, 11) is 0. The zero-order chi connectivity index (χ0) is 14.7. The minimum Gasteiger partial charge on any atom is -0.271 e. The number of hydrogen-bond acceptors (Lipinski definition) is 2. The van der Waals surface area contributed by atoms with E-state index in [1.54, 1.807) is 12.1 Å². The molecule has 0 aliphatic rings. The van der Waals surface area contributed by atoms with E-state index in [9.17, 15) is 4.39 Å². The molecule has 0 radical (unpaired) electrons. The largest absolute Gasteiger partial charge is 0.271 e. The summed E-state index contributed by atoms with van der Waals surface area (Å²) < 4.78 is 13.5. The lowest BCUT2D eigenvalue weighted by Gasteiger charge is -2.20. The van der Waals surface area contributed by atoms with Gasteiger partial charge in [-0.2, -0.15) is 0 Å². The van der Waals surface area contributed by atoms with Crippen LogP contribution in [-0.2, 0) is 6.42 Å². The van der Waals surface area contributed by atoms with Crippen molar-refractivity contribution in [2.45, 2.75) is 19.4 Å². The van der Waals surface area contributed by atoms with E-state index in [1.165, 1.54) is 6.07 Å². The van der Waals surface area contributed by atoms with E-state index in [0.717, 1.165) is 11.1 Å². The summed E-state index contributed by atoms with van der Waals surface area (Å²) in [5, 5.41) is 0.806. The van der Waals surface area contributed by atoms with Crippen LogP contribution in [0.5, 0.6) is 0 Å². The summed E-state index contributed by atoms with van der Waals surface area (Å²) in [4.78, 5) is 0. The normalized spacial score (nSPS) is 12.4. The molecule has 2 aromatic carbocycles. The van der Waals surface area contributed by atoms with Crippen molar-refractivity contribution in [1.82, 2.24) is 5.43 Å². The molecule has 20 heavy (non-hydrogen) atoms. The Labute approximate surface area is 127 Å². The molecule has 2 aromatic rings. The van der Waals surface area contributed by atoms with Crippen molar-refractivity contribution in [2.75, 3.05) is 0 Å². The van der Waals surface area contributed by atoms with Crippen LogP contribution >= 0.6 is 23.2 Å². The molecular weight excluding hydrogens is 298 g/mol. The van der Waals surface area contributed by atoms with Gasteiger partial charge in [-0.15, -0.1) is 0 Å². The quantitative estimate of drug-likeness (QED) is 0.656. The Morgan fingerprint density at radius 1 is 1.20 bits per heavy atom. The second-order valence-corrected chi connectivity index (χ2v) is 5.38. The van der Waals surface area contributed by atoms with Crippen LogP contribution in [-0.4, -0.2) is 0 Å². The summed E-state index contributed by atoms with van der Waals surface area (Å²) in [5.41, 5.74) is 5.37. The highest BCUT2D eigenvalue weighted by Crippen LogP contribution is 2.29. The third-order valence-electron chi connectivity index (χ3n) is 3.34. The van der Waals surface area contributed by atoms with E-state index >= 15 is 0 Å². The Morgan fingerprint density at radius 2 is 1.90 bits per heavy atom. The van der Waals surface area contributed by atoms with E-state index in [4.69, 9.17) is 29.0 Å². The molecule has 0 aliphatic carbocycles. The SMILES string of the molecule is Cc1c(Cl)cccc1C(Cc1cccc(F)c1Cl)NN. The minimum absolute atomic E-state index is 0.132. The van der Waals surface area contributed by atoms with Gasteiger partial charge in [-0.3, -0.25) is 11.3 Å². The lowest BCUT2D eigenvalue weighted by atomic mass is 9.96. The van der Waals surface area contributed by atoms with Gasteiger partial charge in [0.25, 0.3) is 0 Å². The van der Waals surface area contributed by atoms with Gasteiger partial charge in [-0.25, -0.2) is 4.39 Å². The summed E-state index contributed by atoms with van der Waals surface area (Å²) in [6.07, 6.45) is 0.480. The molecule has 0 saturated carbocycles. The van der Waals surface area contributed by atoms with Crippen molar-refractivity contribution in [3.8, 4) is 0 Å². The predicted octanol–water partition coefficient (Wildman–Crippen LogP) is 4.19. The molecule has 0 heterocycles. The fraction of sp³-hybridized carbons (Fsp3) is 0.200. The van der Waals surface area contributed by atoms with Crippen LogP contribution in [0.15, 0.2) is 36.4 Å². The van der Waals surface area contributed by atoms with Crippen LogP contribution in [0.25, 0.3) is 0 Å². The summed E-state index contributed by atoms with van der Waals surface area (Å²) >= 11 is 12.1. The second-order valence-electron chi connectivity index (χ2n) is 4.59. The van der Waals surface area contributed by atoms with Gasteiger partial charge in [0.15, 0.2) is 0 Å². The molecule has 0 amide bonds. The zero-order valence-corrected chi connectivity index (χ0v) is 12.5. The van der Waals surface area contributed by atoms with Crippen molar-refractivity contribution < 1.29 is 4.39 Å². The van der Waals surface area contributed by atoms with Gasteiger partial charge in [0.05, 0.1) is 11.1 Å². The fourth-order valence-electron chi connectivity index (χ4n) is 2.19. The summed E-state index contributed by atoms with van der Waals surface area (Å²) in [6.45, 7) is 1.93. The Balaban J connectivity index is 2.34. The van der Waals surface area contributed by atoms with Crippen molar-refractivity contribution in [2.24, 2.45) is 5.84 Å². The van der Waals surface area contributed by atoms with Crippen molar-refractivity contribution in [1.29, 1.82) is 0 Å². The molecule has 5 heteroatoms. The van der Waals surface area contributed by atoms with Crippen LogP contribution in [0.2, 0.25) is 10.0 Å². The molecule has 0 bridgehead atoms. The van der Waals surface area contributed by atoms with Gasteiger partial charge >= 0.3 is 0 Å².